The van der Waals surface area contributed by atoms with Crippen molar-refractivity contribution in [2.45, 2.75) is 38.8 Å². The molecule has 1 unspecified atom stereocenters. The minimum atomic E-state index is -0.419. The van der Waals surface area contributed by atoms with Gasteiger partial charge in [0.15, 0.2) is 0 Å². The molecule has 2 atom stereocenters. The molecule has 112 valence electrons. The lowest BCUT2D eigenvalue weighted by molar-refractivity contribution is -0.123. The third-order valence-electron chi connectivity index (χ3n) is 3.94. The van der Waals surface area contributed by atoms with Gasteiger partial charge in [0.25, 0.3) is 0 Å². The summed E-state index contributed by atoms with van der Waals surface area (Å²) in [6.07, 6.45) is 2.50. The van der Waals surface area contributed by atoms with Gasteiger partial charge in [0.1, 0.15) is 0 Å². The second kappa shape index (κ2) is 7.20. The van der Waals surface area contributed by atoms with E-state index in [0.29, 0.717) is 12.6 Å². The quantitative estimate of drug-likeness (QED) is 0.844. The Morgan fingerprint density at radius 3 is 2.70 bits per heavy atom. The zero-order chi connectivity index (χ0) is 14.5. The van der Waals surface area contributed by atoms with Crippen LogP contribution in [0.4, 0.5) is 0 Å². The third kappa shape index (κ3) is 3.81. The van der Waals surface area contributed by atoms with E-state index in [0.717, 1.165) is 13.1 Å². The van der Waals surface area contributed by atoms with Crippen LogP contribution in [0.15, 0.2) is 17.5 Å². The van der Waals surface area contributed by atoms with E-state index in [4.69, 9.17) is 5.73 Å². The maximum atomic E-state index is 12.0. The highest BCUT2D eigenvalue weighted by Gasteiger charge is 2.26. The number of carbonyl (C=O) groups is 1. The molecule has 1 aliphatic heterocycles. The summed E-state index contributed by atoms with van der Waals surface area (Å²) in [6.45, 7) is 6.84. The lowest BCUT2D eigenvalue weighted by Gasteiger charge is -2.27. The number of thiophene rings is 1. The molecule has 4 nitrogen and oxygen atoms in total. The van der Waals surface area contributed by atoms with Gasteiger partial charge in [-0.25, -0.2) is 0 Å². The van der Waals surface area contributed by atoms with Crippen molar-refractivity contribution in [2.24, 2.45) is 11.7 Å². The normalized spacial score (nSPS) is 19.2. The number of amides is 1. The Hall–Kier alpha value is -0.910. The SMILES string of the molecule is CC(C)[C@H](N)C(=O)NCC(c1cccs1)N1CCCC1. The molecule has 1 aromatic heterocycles. The van der Waals surface area contributed by atoms with Gasteiger partial charge in [-0.05, 0) is 43.3 Å². The first kappa shape index (κ1) is 15.5. The van der Waals surface area contributed by atoms with Crippen LogP contribution in [0, 0.1) is 5.92 Å². The highest BCUT2D eigenvalue weighted by Crippen LogP contribution is 2.27. The Bertz CT molecular complexity index is 413. The van der Waals surface area contributed by atoms with Crippen LogP contribution in [0.3, 0.4) is 0 Å². The Morgan fingerprint density at radius 2 is 2.15 bits per heavy atom. The van der Waals surface area contributed by atoms with Gasteiger partial charge in [-0.2, -0.15) is 0 Å². The van der Waals surface area contributed by atoms with Crippen molar-refractivity contribution in [3.8, 4) is 0 Å². The van der Waals surface area contributed by atoms with Gasteiger partial charge in [0.05, 0.1) is 12.1 Å². The van der Waals surface area contributed by atoms with E-state index < -0.39 is 6.04 Å². The van der Waals surface area contributed by atoms with Crippen LogP contribution in [-0.4, -0.2) is 36.5 Å². The Morgan fingerprint density at radius 1 is 1.45 bits per heavy atom. The van der Waals surface area contributed by atoms with Gasteiger partial charge >= 0.3 is 0 Å². The zero-order valence-electron chi connectivity index (χ0n) is 12.3. The predicted octanol–water partition coefficient (Wildman–Crippen LogP) is 1.98. The van der Waals surface area contributed by atoms with Gasteiger partial charge in [-0.1, -0.05) is 19.9 Å². The maximum absolute atomic E-state index is 12.0. The van der Waals surface area contributed by atoms with Gasteiger partial charge in [-0.15, -0.1) is 11.3 Å². The molecule has 1 fully saturated rings. The molecule has 0 saturated carbocycles. The van der Waals surface area contributed by atoms with Gasteiger partial charge < -0.3 is 11.1 Å². The number of nitrogens with zero attached hydrogens (tertiary/aromatic N) is 1. The lowest BCUT2D eigenvalue weighted by Crippen LogP contribution is -2.46. The third-order valence-corrected chi connectivity index (χ3v) is 4.92. The van der Waals surface area contributed by atoms with E-state index in [-0.39, 0.29) is 11.8 Å². The molecule has 20 heavy (non-hydrogen) atoms. The predicted molar refractivity (Wildman–Crippen MR) is 83.7 cm³/mol. The molecule has 2 rings (SSSR count). The Labute approximate surface area is 125 Å². The molecule has 0 radical (unpaired) electrons. The summed E-state index contributed by atoms with van der Waals surface area (Å²) in [5, 5.41) is 5.13. The molecular weight excluding hydrogens is 270 g/mol. The topological polar surface area (TPSA) is 58.4 Å². The number of hydrogen-bond acceptors (Lipinski definition) is 4. The summed E-state index contributed by atoms with van der Waals surface area (Å²) in [7, 11) is 0. The van der Waals surface area contributed by atoms with Crippen molar-refractivity contribution in [1.29, 1.82) is 0 Å². The number of rotatable bonds is 6. The average molecular weight is 295 g/mol. The van der Waals surface area contributed by atoms with Crippen LogP contribution in [0.1, 0.15) is 37.6 Å². The zero-order valence-corrected chi connectivity index (χ0v) is 13.2. The number of hydrogen-bond donors (Lipinski definition) is 2. The van der Waals surface area contributed by atoms with Crippen molar-refractivity contribution in [3.63, 3.8) is 0 Å². The minimum Gasteiger partial charge on any atom is -0.353 e. The first-order valence-electron chi connectivity index (χ1n) is 7.40. The van der Waals surface area contributed by atoms with Gasteiger partial charge in [-0.3, -0.25) is 9.69 Å². The van der Waals surface area contributed by atoms with Gasteiger partial charge in [0.2, 0.25) is 5.91 Å². The maximum Gasteiger partial charge on any atom is 0.237 e. The summed E-state index contributed by atoms with van der Waals surface area (Å²) in [4.78, 5) is 15.8. The van der Waals surface area contributed by atoms with E-state index in [9.17, 15) is 4.79 Å². The van der Waals surface area contributed by atoms with Crippen molar-refractivity contribution in [2.75, 3.05) is 19.6 Å². The van der Waals surface area contributed by atoms with Crippen LogP contribution in [-0.2, 0) is 4.79 Å². The molecule has 1 amide bonds. The molecule has 1 aromatic rings. The molecule has 2 heterocycles. The standard InChI is InChI=1S/C15H25N3OS/c1-11(2)14(16)15(19)17-10-12(13-6-5-9-20-13)18-7-3-4-8-18/h5-6,9,11-12,14H,3-4,7-8,10,16H2,1-2H3,(H,17,19)/t12?,14-/m0/s1. The monoisotopic (exact) mass is 295 g/mol. The number of carbonyl (C=O) groups excluding carboxylic acids is 1. The van der Waals surface area contributed by atoms with Crippen LogP contribution < -0.4 is 11.1 Å². The van der Waals surface area contributed by atoms with Crippen molar-refractivity contribution in [1.82, 2.24) is 10.2 Å². The van der Waals surface area contributed by atoms with Crippen LogP contribution >= 0.6 is 11.3 Å². The molecular formula is C15H25N3OS. The van der Waals surface area contributed by atoms with Crippen LogP contribution in [0.2, 0.25) is 0 Å². The second-order valence-corrected chi connectivity index (χ2v) is 6.77. The molecule has 1 saturated heterocycles. The lowest BCUT2D eigenvalue weighted by atomic mass is 10.0. The molecule has 0 aliphatic carbocycles. The van der Waals surface area contributed by atoms with Crippen LogP contribution in [0.25, 0.3) is 0 Å². The Kier molecular flexibility index (Phi) is 5.57. The fraction of sp³-hybridized carbons (Fsp3) is 0.667. The van der Waals surface area contributed by atoms with E-state index in [1.54, 1.807) is 11.3 Å². The fourth-order valence-corrected chi connectivity index (χ4v) is 3.42. The largest absolute Gasteiger partial charge is 0.353 e. The first-order chi connectivity index (χ1) is 9.59. The van der Waals surface area contributed by atoms with Crippen molar-refractivity contribution >= 4 is 17.2 Å². The molecule has 1 aliphatic rings. The highest BCUT2D eigenvalue weighted by atomic mass is 32.1. The first-order valence-corrected chi connectivity index (χ1v) is 8.28. The number of nitrogens with two attached hydrogens (primary N) is 1. The summed E-state index contributed by atoms with van der Waals surface area (Å²) in [6, 6.07) is 4.10. The van der Waals surface area contributed by atoms with Gasteiger partial charge in [0, 0.05) is 11.4 Å². The van der Waals surface area contributed by atoms with E-state index in [1.165, 1.54) is 17.7 Å². The van der Waals surface area contributed by atoms with Crippen molar-refractivity contribution in [3.05, 3.63) is 22.4 Å². The van der Waals surface area contributed by atoms with E-state index in [1.807, 2.05) is 13.8 Å². The molecule has 5 heteroatoms. The summed E-state index contributed by atoms with van der Waals surface area (Å²) >= 11 is 1.76. The Balaban J connectivity index is 1.96. The van der Waals surface area contributed by atoms with Crippen molar-refractivity contribution < 1.29 is 4.79 Å². The molecule has 0 bridgehead atoms. The number of likely N-dealkylation sites (tertiary alicyclic amines) is 1. The summed E-state index contributed by atoms with van der Waals surface area (Å²) < 4.78 is 0. The second-order valence-electron chi connectivity index (χ2n) is 5.79. The van der Waals surface area contributed by atoms with E-state index in [2.05, 4.69) is 27.7 Å². The molecule has 0 spiro atoms. The number of nitrogens with one attached hydrogen (secondary N) is 1. The smallest absolute Gasteiger partial charge is 0.237 e. The minimum absolute atomic E-state index is 0.0410. The molecule has 3 N–H and O–H groups in total. The summed E-state index contributed by atoms with van der Waals surface area (Å²) in [5.41, 5.74) is 5.90. The molecule has 0 aromatic carbocycles. The summed E-state index contributed by atoms with van der Waals surface area (Å²) in [5.74, 6) is 0.128. The van der Waals surface area contributed by atoms with E-state index >= 15 is 0 Å². The fourth-order valence-electron chi connectivity index (χ4n) is 2.56. The van der Waals surface area contributed by atoms with Crippen LogP contribution in [0.5, 0.6) is 0 Å². The highest BCUT2D eigenvalue weighted by molar-refractivity contribution is 7.10. The average Bonchev–Trinajstić information content (AvgIpc) is 3.10.